The van der Waals surface area contributed by atoms with Crippen molar-refractivity contribution in [2.75, 3.05) is 6.26 Å². The van der Waals surface area contributed by atoms with E-state index in [1.807, 2.05) is 13.2 Å². The molecule has 1 amide bonds. The minimum Gasteiger partial charge on any atom is -0.340 e. The van der Waals surface area contributed by atoms with E-state index in [-0.39, 0.29) is 16.0 Å². The Hall–Kier alpha value is -0.740. The number of nitrogens with one attached hydrogen (secondary N) is 1. The number of thioether (sulfide) groups is 1. The number of hydrogen-bond donors (Lipinski definition) is 1. The SMILES string of the molecule is CSC(C)NC(=O)c1c(F)cccc1Cl. The molecule has 0 fully saturated rings. The summed E-state index contributed by atoms with van der Waals surface area (Å²) in [5.74, 6) is -1.09. The van der Waals surface area contributed by atoms with Gasteiger partial charge in [-0.25, -0.2) is 4.39 Å². The first-order valence-electron chi connectivity index (χ1n) is 4.34. The predicted molar refractivity (Wildman–Crippen MR) is 61.9 cm³/mol. The summed E-state index contributed by atoms with van der Waals surface area (Å²) in [7, 11) is 0. The van der Waals surface area contributed by atoms with Crippen LogP contribution in [0.4, 0.5) is 4.39 Å². The second-order valence-electron chi connectivity index (χ2n) is 2.95. The lowest BCUT2D eigenvalue weighted by Gasteiger charge is -2.12. The lowest BCUT2D eigenvalue weighted by molar-refractivity contribution is 0.0948. The lowest BCUT2D eigenvalue weighted by atomic mass is 10.2. The Morgan fingerprint density at radius 3 is 2.80 bits per heavy atom. The molecule has 0 spiro atoms. The van der Waals surface area contributed by atoms with Crippen LogP contribution in [0.3, 0.4) is 0 Å². The van der Waals surface area contributed by atoms with Crippen molar-refractivity contribution in [3.05, 3.63) is 34.6 Å². The Labute approximate surface area is 97.2 Å². The molecule has 1 unspecified atom stereocenters. The Morgan fingerprint density at radius 2 is 2.27 bits per heavy atom. The third kappa shape index (κ3) is 3.11. The number of rotatable bonds is 3. The molecule has 0 saturated carbocycles. The van der Waals surface area contributed by atoms with Crippen LogP contribution < -0.4 is 5.32 Å². The van der Waals surface area contributed by atoms with Crippen LogP contribution in [0.5, 0.6) is 0 Å². The maximum absolute atomic E-state index is 13.3. The van der Waals surface area contributed by atoms with Gasteiger partial charge in [-0.05, 0) is 25.3 Å². The Kier molecular flexibility index (Phi) is 4.42. The second kappa shape index (κ2) is 5.37. The maximum atomic E-state index is 13.3. The van der Waals surface area contributed by atoms with Gasteiger partial charge in [0.1, 0.15) is 5.82 Å². The van der Waals surface area contributed by atoms with Crippen LogP contribution in [0, 0.1) is 5.82 Å². The zero-order chi connectivity index (χ0) is 11.4. The van der Waals surface area contributed by atoms with Crippen molar-refractivity contribution in [1.82, 2.24) is 5.32 Å². The van der Waals surface area contributed by atoms with E-state index >= 15 is 0 Å². The van der Waals surface area contributed by atoms with Gasteiger partial charge in [0.25, 0.3) is 5.91 Å². The van der Waals surface area contributed by atoms with E-state index in [1.165, 1.54) is 30.0 Å². The molecule has 1 atom stereocenters. The molecule has 1 aromatic rings. The minimum atomic E-state index is -0.603. The molecule has 0 heterocycles. The van der Waals surface area contributed by atoms with Crippen LogP contribution in [0.2, 0.25) is 5.02 Å². The van der Waals surface area contributed by atoms with E-state index in [9.17, 15) is 9.18 Å². The van der Waals surface area contributed by atoms with Gasteiger partial charge in [-0.1, -0.05) is 17.7 Å². The lowest BCUT2D eigenvalue weighted by Crippen LogP contribution is -2.30. The van der Waals surface area contributed by atoms with Gasteiger partial charge in [-0.2, -0.15) is 0 Å². The number of carbonyl (C=O) groups excluding carboxylic acids is 1. The fourth-order valence-electron chi connectivity index (χ4n) is 1.03. The van der Waals surface area contributed by atoms with Crippen molar-refractivity contribution >= 4 is 29.3 Å². The molecule has 1 aromatic carbocycles. The van der Waals surface area contributed by atoms with Crippen LogP contribution in [-0.2, 0) is 0 Å². The summed E-state index contributed by atoms with van der Waals surface area (Å²) in [6, 6.07) is 4.17. The fraction of sp³-hybridized carbons (Fsp3) is 0.300. The predicted octanol–water partition coefficient (Wildman–Crippen LogP) is 2.92. The number of carbonyl (C=O) groups is 1. The Bertz CT molecular complexity index is 352. The van der Waals surface area contributed by atoms with Crippen LogP contribution >= 0.6 is 23.4 Å². The van der Waals surface area contributed by atoms with E-state index in [1.54, 1.807) is 0 Å². The zero-order valence-corrected chi connectivity index (χ0v) is 9.95. The van der Waals surface area contributed by atoms with E-state index in [0.717, 1.165) is 0 Å². The number of halogens is 2. The first kappa shape index (κ1) is 12.3. The van der Waals surface area contributed by atoms with Gasteiger partial charge in [0.15, 0.2) is 0 Å². The molecular formula is C10H11ClFNOS. The van der Waals surface area contributed by atoms with Gasteiger partial charge in [0.2, 0.25) is 0 Å². The highest BCUT2D eigenvalue weighted by molar-refractivity contribution is 7.99. The van der Waals surface area contributed by atoms with Gasteiger partial charge >= 0.3 is 0 Å². The molecule has 5 heteroatoms. The molecule has 0 saturated heterocycles. The Morgan fingerprint density at radius 1 is 1.60 bits per heavy atom. The highest BCUT2D eigenvalue weighted by atomic mass is 35.5. The van der Waals surface area contributed by atoms with E-state index in [2.05, 4.69) is 5.32 Å². The number of hydrogen-bond acceptors (Lipinski definition) is 2. The minimum absolute atomic E-state index is 0.0758. The molecular weight excluding hydrogens is 237 g/mol. The highest BCUT2D eigenvalue weighted by Gasteiger charge is 2.16. The fourth-order valence-corrected chi connectivity index (χ4v) is 1.50. The summed E-state index contributed by atoms with van der Waals surface area (Å²) >= 11 is 7.21. The molecule has 0 bridgehead atoms. The normalized spacial score (nSPS) is 12.3. The van der Waals surface area contributed by atoms with Crippen molar-refractivity contribution in [1.29, 1.82) is 0 Å². The monoisotopic (exact) mass is 247 g/mol. The Balaban J connectivity index is 2.91. The van der Waals surface area contributed by atoms with Crippen molar-refractivity contribution in [2.24, 2.45) is 0 Å². The summed E-state index contributed by atoms with van der Waals surface area (Å²) in [5, 5.41) is 2.68. The van der Waals surface area contributed by atoms with E-state index < -0.39 is 11.7 Å². The van der Waals surface area contributed by atoms with Gasteiger partial charge in [0, 0.05) is 0 Å². The molecule has 2 nitrogen and oxygen atoms in total. The molecule has 1 N–H and O–H groups in total. The van der Waals surface area contributed by atoms with Crippen LogP contribution in [0.15, 0.2) is 18.2 Å². The molecule has 0 aliphatic heterocycles. The van der Waals surface area contributed by atoms with E-state index in [4.69, 9.17) is 11.6 Å². The molecule has 1 rings (SSSR count). The van der Waals surface area contributed by atoms with E-state index in [0.29, 0.717) is 0 Å². The largest absolute Gasteiger partial charge is 0.340 e. The zero-order valence-electron chi connectivity index (χ0n) is 8.38. The topological polar surface area (TPSA) is 29.1 Å². The first-order chi connectivity index (χ1) is 7.06. The maximum Gasteiger partial charge on any atom is 0.256 e. The third-order valence-electron chi connectivity index (χ3n) is 1.88. The van der Waals surface area contributed by atoms with Crippen molar-refractivity contribution in [3.8, 4) is 0 Å². The molecule has 15 heavy (non-hydrogen) atoms. The van der Waals surface area contributed by atoms with Gasteiger partial charge < -0.3 is 5.32 Å². The number of amides is 1. The van der Waals surface area contributed by atoms with Crippen molar-refractivity contribution in [2.45, 2.75) is 12.3 Å². The molecule has 0 radical (unpaired) electrons. The van der Waals surface area contributed by atoms with Crippen LogP contribution in [-0.4, -0.2) is 17.5 Å². The van der Waals surface area contributed by atoms with Crippen LogP contribution in [0.25, 0.3) is 0 Å². The molecule has 0 aliphatic rings. The average molecular weight is 248 g/mol. The third-order valence-corrected chi connectivity index (χ3v) is 3.02. The summed E-state index contributed by atoms with van der Waals surface area (Å²) in [6.45, 7) is 1.82. The van der Waals surface area contributed by atoms with Gasteiger partial charge in [-0.3, -0.25) is 4.79 Å². The van der Waals surface area contributed by atoms with Crippen molar-refractivity contribution < 1.29 is 9.18 Å². The highest BCUT2D eigenvalue weighted by Crippen LogP contribution is 2.19. The molecule has 0 aromatic heterocycles. The van der Waals surface area contributed by atoms with Gasteiger partial charge in [0.05, 0.1) is 16.0 Å². The second-order valence-corrected chi connectivity index (χ2v) is 4.53. The van der Waals surface area contributed by atoms with Crippen LogP contribution in [0.1, 0.15) is 17.3 Å². The van der Waals surface area contributed by atoms with Gasteiger partial charge in [-0.15, -0.1) is 11.8 Å². The smallest absolute Gasteiger partial charge is 0.256 e. The molecule has 82 valence electrons. The molecule has 0 aliphatic carbocycles. The first-order valence-corrected chi connectivity index (χ1v) is 6.00. The summed E-state index contributed by atoms with van der Waals surface area (Å²) < 4.78 is 13.3. The van der Waals surface area contributed by atoms with Crippen molar-refractivity contribution in [3.63, 3.8) is 0 Å². The standard InChI is InChI=1S/C10H11ClFNOS/c1-6(15-2)13-10(14)9-7(11)4-3-5-8(9)12/h3-6H,1-2H3,(H,13,14). The number of benzene rings is 1. The summed E-state index contributed by atoms with van der Waals surface area (Å²) in [5.41, 5.74) is -0.0972. The summed E-state index contributed by atoms with van der Waals surface area (Å²) in [4.78, 5) is 11.6. The summed E-state index contributed by atoms with van der Waals surface area (Å²) in [6.07, 6.45) is 1.86. The quantitative estimate of drug-likeness (QED) is 0.833. The average Bonchev–Trinajstić information content (AvgIpc) is 2.17.